The predicted molar refractivity (Wildman–Crippen MR) is 132 cm³/mol. The molecule has 2 N–H and O–H groups in total. The van der Waals surface area contributed by atoms with Gasteiger partial charge in [0.1, 0.15) is 23.2 Å². The third-order valence-corrected chi connectivity index (χ3v) is 5.11. The van der Waals surface area contributed by atoms with Crippen LogP contribution < -0.4 is 24.8 Å². The van der Waals surface area contributed by atoms with Gasteiger partial charge in [0.25, 0.3) is 11.8 Å². The van der Waals surface area contributed by atoms with E-state index in [0.717, 1.165) is 5.56 Å². The second-order valence-corrected chi connectivity index (χ2v) is 7.58. The van der Waals surface area contributed by atoms with Crippen molar-refractivity contribution in [2.45, 2.75) is 13.0 Å². The fourth-order valence-corrected chi connectivity index (χ4v) is 3.23. The molecule has 0 fully saturated rings. The lowest BCUT2D eigenvalue weighted by Crippen LogP contribution is -2.28. The van der Waals surface area contributed by atoms with Gasteiger partial charge in [-0.3, -0.25) is 9.59 Å². The molecular formula is C27H27N3O6. The molecule has 0 aliphatic carbocycles. The molecule has 0 bridgehead atoms. The third kappa shape index (κ3) is 7.67. The summed E-state index contributed by atoms with van der Waals surface area (Å²) in [5.74, 6) is 1.62. The average molecular weight is 490 g/mol. The molecule has 0 saturated heterocycles. The smallest absolute Gasteiger partial charge is 0.261 e. The lowest BCUT2D eigenvalue weighted by Gasteiger charge is -2.10. The molecule has 0 spiro atoms. The number of nitrogens with zero attached hydrogens (tertiary/aromatic N) is 1. The first kappa shape index (κ1) is 25.9. The van der Waals surface area contributed by atoms with Crippen LogP contribution in [-0.2, 0) is 22.6 Å². The zero-order chi connectivity index (χ0) is 25.8. The minimum absolute atomic E-state index is 0.0201. The number of benzene rings is 2. The molecule has 0 radical (unpaired) electrons. The molecule has 3 rings (SSSR count). The maximum absolute atomic E-state index is 12.5. The first-order valence-corrected chi connectivity index (χ1v) is 11.1. The van der Waals surface area contributed by atoms with Gasteiger partial charge in [0, 0.05) is 6.54 Å². The van der Waals surface area contributed by atoms with Gasteiger partial charge in [-0.25, -0.2) is 0 Å². The molecule has 1 heterocycles. The molecule has 36 heavy (non-hydrogen) atoms. The third-order valence-electron chi connectivity index (χ3n) is 5.11. The minimum Gasteiger partial charge on any atom is -0.493 e. The molecule has 2 amide bonds. The number of hydrogen-bond donors (Lipinski definition) is 2. The number of nitrogens with one attached hydrogen (secondary N) is 2. The van der Waals surface area contributed by atoms with E-state index in [0.29, 0.717) is 41.5 Å². The number of furan rings is 1. The molecule has 0 unspecified atom stereocenters. The molecule has 9 heteroatoms. The number of ether oxygens (including phenoxy) is 3. The van der Waals surface area contributed by atoms with E-state index in [1.807, 2.05) is 18.2 Å². The topological polar surface area (TPSA) is 123 Å². The monoisotopic (exact) mass is 489 g/mol. The zero-order valence-electron chi connectivity index (χ0n) is 20.1. The first-order valence-electron chi connectivity index (χ1n) is 11.1. The summed E-state index contributed by atoms with van der Waals surface area (Å²) < 4.78 is 21.1. The van der Waals surface area contributed by atoms with E-state index in [1.165, 1.54) is 12.3 Å². The Balaban J connectivity index is 1.47. The van der Waals surface area contributed by atoms with E-state index in [4.69, 9.17) is 18.6 Å². The van der Waals surface area contributed by atoms with Gasteiger partial charge < -0.3 is 29.3 Å². The Morgan fingerprint density at radius 2 is 1.81 bits per heavy atom. The molecule has 9 nitrogen and oxygen atoms in total. The van der Waals surface area contributed by atoms with Crippen LogP contribution in [0.25, 0.3) is 6.08 Å². The molecule has 2 aromatic carbocycles. The summed E-state index contributed by atoms with van der Waals surface area (Å²) >= 11 is 0. The fraction of sp³-hybridized carbons (Fsp3) is 0.222. The van der Waals surface area contributed by atoms with Gasteiger partial charge in [-0.15, -0.1) is 0 Å². The molecule has 0 aliphatic rings. The molecule has 0 atom stereocenters. The van der Waals surface area contributed by atoms with Crippen molar-refractivity contribution in [2.75, 3.05) is 27.4 Å². The Bertz CT molecular complexity index is 1230. The minimum atomic E-state index is -0.466. The maximum atomic E-state index is 12.5. The van der Waals surface area contributed by atoms with Crippen LogP contribution in [-0.4, -0.2) is 39.2 Å². The summed E-state index contributed by atoms with van der Waals surface area (Å²) in [5, 5.41) is 14.9. The lowest BCUT2D eigenvalue weighted by molar-refractivity contribution is -0.123. The van der Waals surface area contributed by atoms with Gasteiger partial charge in [0.2, 0.25) is 0 Å². The number of carbonyl (C=O) groups excluding carboxylic acids is 2. The molecule has 0 aliphatic heterocycles. The summed E-state index contributed by atoms with van der Waals surface area (Å²) in [7, 11) is 3.13. The number of hydrogen-bond acceptors (Lipinski definition) is 7. The van der Waals surface area contributed by atoms with Crippen LogP contribution in [0.15, 0.2) is 70.9 Å². The van der Waals surface area contributed by atoms with Crippen molar-refractivity contribution in [1.82, 2.24) is 10.6 Å². The van der Waals surface area contributed by atoms with Crippen molar-refractivity contribution in [3.63, 3.8) is 0 Å². The number of methoxy groups -OCH3 is 2. The Kier molecular flexibility index (Phi) is 9.53. The molecule has 0 saturated carbocycles. The Hall–Kier alpha value is -4.71. The summed E-state index contributed by atoms with van der Waals surface area (Å²) in [6.45, 7) is 0.482. The van der Waals surface area contributed by atoms with Crippen molar-refractivity contribution >= 4 is 17.9 Å². The van der Waals surface area contributed by atoms with Gasteiger partial charge in [0.05, 0.1) is 27.0 Å². The van der Waals surface area contributed by atoms with E-state index >= 15 is 0 Å². The standard InChI is InChI=1S/C27H27N3O6/c1-33-24-10-7-20(15-25(24)34-2)11-12-29-27(32)21(16-28)14-19-5-8-22(9-6-19)36-18-26(31)30-17-23-4-3-13-35-23/h3-10,13-15H,11-12,17-18H2,1-2H3,(H,29,32)(H,30,31)/b21-14+. The highest BCUT2D eigenvalue weighted by molar-refractivity contribution is 6.01. The van der Waals surface area contributed by atoms with Crippen molar-refractivity contribution in [1.29, 1.82) is 5.26 Å². The normalized spacial score (nSPS) is 10.8. The molecule has 186 valence electrons. The molecule has 1 aromatic heterocycles. The van der Waals surface area contributed by atoms with Crippen LogP contribution in [0.1, 0.15) is 16.9 Å². The van der Waals surface area contributed by atoms with E-state index in [9.17, 15) is 14.9 Å². The van der Waals surface area contributed by atoms with E-state index < -0.39 is 5.91 Å². The van der Waals surface area contributed by atoms with Crippen molar-refractivity contribution in [3.8, 4) is 23.3 Å². The first-order chi connectivity index (χ1) is 17.5. The highest BCUT2D eigenvalue weighted by atomic mass is 16.5. The number of rotatable bonds is 12. The average Bonchev–Trinajstić information content (AvgIpc) is 3.43. The van der Waals surface area contributed by atoms with E-state index in [2.05, 4.69) is 10.6 Å². The number of carbonyl (C=O) groups is 2. The largest absolute Gasteiger partial charge is 0.493 e. The van der Waals surface area contributed by atoms with Crippen LogP contribution >= 0.6 is 0 Å². The van der Waals surface area contributed by atoms with E-state index in [-0.39, 0.29) is 24.6 Å². The second-order valence-electron chi connectivity index (χ2n) is 7.58. The number of amides is 2. The Labute approximate surface area is 209 Å². The summed E-state index contributed by atoms with van der Waals surface area (Å²) in [6, 6.07) is 17.7. The number of nitriles is 1. The highest BCUT2D eigenvalue weighted by Crippen LogP contribution is 2.27. The summed E-state index contributed by atoms with van der Waals surface area (Å²) in [6.07, 6.45) is 3.59. The lowest BCUT2D eigenvalue weighted by atomic mass is 10.1. The van der Waals surface area contributed by atoms with Gasteiger partial charge in [-0.05, 0) is 60.0 Å². The van der Waals surface area contributed by atoms with Crippen molar-refractivity contribution in [2.24, 2.45) is 0 Å². The summed E-state index contributed by atoms with van der Waals surface area (Å²) in [5.41, 5.74) is 1.59. The van der Waals surface area contributed by atoms with Gasteiger partial charge in [-0.2, -0.15) is 5.26 Å². The van der Waals surface area contributed by atoms with E-state index in [1.54, 1.807) is 56.7 Å². The van der Waals surface area contributed by atoms with Crippen LogP contribution in [0, 0.1) is 11.3 Å². The fourth-order valence-electron chi connectivity index (χ4n) is 3.23. The van der Waals surface area contributed by atoms with Crippen LogP contribution in [0.5, 0.6) is 17.2 Å². The van der Waals surface area contributed by atoms with Gasteiger partial charge in [0.15, 0.2) is 18.1 Å². The maximum Gasteiger partial charge on any atom is 0.261 e. The van der Waals surface area contributed by atoms with Gasteiger partial charge >= 0.3 is 0 Å². The van der Waals surface area contributed by atoms with Crippen LogP contribution in [0.3, 0.4) is 0 Å². The van der Waals surface area contributed by atoms with Crippen molar-refractivity contribution < 1.29 is 28.2 Å². The quantitative estimate of drug-likeness (QED) is 0.296. The Morgan fingerprint density at radius 1 is 1.03 bits per heavy atom. The second kappa shape index (κ2) is 13.2. The highest BCUT2D eigenvalue weighted by Gasteiger charge is 2.10. The van der Waals surface area contributed by atoms with Crippen LogP contribution in [0.2, 0.25) is 0 Å². The Morgan fingerprint density at radius 3 is 2.47 bits per heavy atom. The summed E-state index contributed by atoms with van der Waals surface area (Å²) in [4.78, 5) is 24.4. The predicted octanol–water partition coefficient (Wildman–Crippen LogP) is 3.26. The van der Waals surface area contributed by atoms with Gasteiger partial charge in [-0.1, -0.05) is 18.2 Å². The van der Waals surface area contributed by atoms with Crippen LogP contribution in [0.4, 0.5) is 0 Å². The molecule has 3 aromatic rings. The zero-order valence-corrected chi connectivity index (χ0v) is 20.1. The van der Waals surface area contributed by atoms with Crippen molar-refractivity contribution in [3.05, 3.63) is 83.3 Å². The SMILES string of the molecule is COc1ccc(CCNC(=O)/C(C#N)=C/c2ccc(OCC(=O)NCc3ccco3)cc2)cc1OC. The molecular weight excluding hydrogens is 462 g/mol.